The minimum atomic E-state index is 0. The second-order valence-electron chi connectivity index (χ2n) is 3.19. The Morgan fingerprint density at radius 1 is 1.36 bits per heavy atom. The second kappa shape index (κ2) is 3.54. The summed E-state index contributed by atoms with van der Waals surface area (Å²) in [7, 11) is 0. The Bertz CT molecular complexity index is 578. The molecule has 0 fully saturated rings. The summed E-state index contributed by atoms with van der Waals surface area (Å²) in [6.07, 6.45) is 5.92. The number of aromatic amines is 1. The summed E-state index contributed by atoms with van der Waals surface area (Å²) in [5.41, 5.74) is 1.17. The van der Waals surface area contributed by atoms with Gasteiger partial charge in [0.05, 0.1) is 0 Å². The smallest absolute Gasteiger partial charge is 0.0464 e. The lowest BCUT2D eigenvalue weighted by molar-refractivity contribution is 1.36. The summed E-state index contributed by atoms with van der Waals surface area (Å²) < 4.78 is 0. The maximum absolute atomic E-state index is 3.71. The number of hydrogen-bond donors (Lipinski definition) is 1. The molecule has 1 heterocycles. The fourth-order valence-corrected chi connectivity index (χ4v) is 1.74. The molecule has 1 aromatic carbocycles. The number of nitrogens with one attached hydrogen (secondary N) is 1. The second-order valence-corrected chi connectivity index (χ2v) is 3.19. The molecule has 0 saturated heterocycles. The van der Waals surface area contributed by atoms with Gasteiger partial charge in [-0.25, -0.2) is 0 Å². The number of benzene rings is 1. The maximum Gasteiger partial charge on any atom is 0.0464 e. The van der Waals surface area contributed by atoms with Gasteiger partial charge in [0.2, 0.25) is 0 Å². The molecular weight excluding hydrogens is 170 g/mol. The van der Waals surface area contributed by atoms with E-state index in [0.29, 0.717) is 0 Å². The lowest BCUT2D eigenvalue weighted by atomic mass is 10.2. The van der Waals surface area contributed by atoms with Gasteiger partial charge in [0, 0.05) is 22.9 Å². The SMILES string of the molecule is C=C/C=c1/[nH]c2ccccc2/c1=C/C.[HH]. The van der Waals surface area contributed by atoms with E-state index in [1.165, 1.54) is 16.1 Å². The van der Waals surface area contributed by atoms with Crippen molar-refractivity contribution < 1.29 is 1.43 Å². The highest BCUT2D eigenvalue weighted by Crippen LogP contribution is 2.03. The van der Waals surface area contributed by atoms with Gasteiger partial charge in [-0.2, -0.15) is 0 Å². The lowest BCUT2D eigenvalue weighted by Gasteiger charge is -1.85. The van der Waals surface area contributed by atoms with Crippen LogP contribution in [0.1, 0.15) is 8.35 Å². The van der Waals surface area contributed by atoms with Gasteiger partial charge < -0.3 is 4.98 Å². The lowest BCUT2D eigenvalue weighted by Crippen LogP contribution is -2.21. The molecule has 0 spiro atoms. The molecule has 1 nitrogen and oxygen atoms in total. The molecule has 0 aliphatic heterocycles. The summed E-state index contributed by atoms with van der Waals surface area (Å²) in [6, 6.07) is 8.31. The van der Waals surface area contributed by atoms with Crippen LogP contribution < -0.4 is 10.6 Å². The van der Waals surface area contributed by atoms with E-state index >= 15 is 0 Å². The molecular formula is C13H15N. The number of H-pyrrole nitrogens is 1. The molecule has 2 aromatic rings. The predicted octanol–water partition coefficient (Wildman–Crippen LogP) is 2.18. The van der Waals surface area contributed by atoms with Gasteiger partial charge in [0.25, 0.3) is 0 Å². The first kappa shape index (κ1) is 8.82. The Balaban J connectivity index is 0.00000112. The Kier molecular flexibility index (Phi) is 2.23. The van der Waals surface area contributed by atoms with E-state index < -0.39 is 0 Å². The number of fused-ring (bicyclic) bond motifs is 1. The van der Waals surface area contributed by atoms with E-state index in [4.69, 9.17) is 0 Å². The number of rotatable bonds is 1. The highest BCUT2D eigenvalue weighted by molar-refractivity contribution is 5.81. The molecule has 0 unspecified atom stereocenters. The summed E-state index contributed by atoms with van der Waals surface area (Å²) in [5, 5.41) is 3.65. The van der Waals surface area contributed by atoms with Gasteiger partial charge in [-0.15, -0.1) is 0 Å². The van der Waals surface area contributed by atoms with Crippen molar-refractivity contribution in [3.05, 3.63) is 47.5 Å². The molecule has 0 bridgehead atoms. The molecule has 1 aromatic heterocycles. The van der Waals surface area contributed by atoms with Crippen molar-refractivity contribution in [2.75, 3.05) is 0 Å². The third-order valence-corrected chi connectivity index (χ3v) is 2.35. The number of hydrogen-bond acceptors (Lipinski definition) is 0. The molecule has 2 rings (SSSR count). The summed E-state index contributed by atoms with van der Waals surface area (Å²) in [6.45, 7) is 5.76. The molecule has 0 aliphatic rings. The van der Waals surface area contributed by atoms with E-state index in [0.717, 1.165) is 5.35 Å². The largest absolute Gasteiger partial charge is 0.355 e. The van der Waals surface area contributed by atoms with Crippen LogP contribution in [0.15, 0.2) is 36.9 Å². The van der Waals surface area contributed by atoms with Crippen molar-refractivity contribution in [2.45, 2.75) is 6.92 Å². The number of para-hydroxylation sites is 1. The van der Waals surface area contributed by atoms with Crippen molar-refractivity contribution >= 4 is 23.1 Å². The Labute approximate surface area is 84.6 Å². The van der Waals surface area contributed by atoms with Crippen molar-refractivity contribution in [1.29, 1.82) is 0 Å². The monoisotopic (exact) mass is 185 g/mol. The quantitative estimate of drug-likeness (QED) is 0.701. The first-order valence-corrected chi connectivity index (χ1v) is 4.72. The van der Waals surface area contributed by atoms with Crippen LogP contribution in [0.25, 0.3) is 23.1 Å². The van der Waals surface area contributed by atoms with Crippen LogP contribution in [0.3, 0.4) is 0 Å². The van der Waals surface area contributed by atoms with Crippen LogP contribution >= 0.6 is 0 Å². The van der Waals surface area contributed by atoms with Gasteiger partial charge in [0.1, 0.15) is 0 Å². The van der Waals surface area contributed by atoms with Crippen molar-refractivity contribution in [2.24, 2.45) is 0 Å². The Hall–Kier alpha value is -1.76. The summed E-state index contributed by atoms with van der Waals surface area (Å²) in [4.78, 5) is 3.36. The van der Waals surface area contributed by atoms with Crippen LogP contribution in [-0.4, -0.2) is 4.98 Å². The van der Waals surface area contributed by atoms with E-state index in [2.05, 4.69) is 42.8 Å². The zero-order valence-electron chi connectivity index (χ0n) is 8.25. The van der Waals surface area contributed by atoms with E-state index in [1.807, 2.05) is 12.1 Å². The normalized spacial score (nSPS) is 13.8. The van der Waals surface area contributed by atoms with Crippen LogP contribution in [-0.2, 0) is 0 Å². The maximum atomic E-state index is 3.71. The number of aromatic nitrogens is 1. The molecule has 0 aliphatic carbocycles. The molecule has 1 N–H and O–H groups in total. The van der Waals surface area contributed by atoms with Gasteiger partial charge in [-0.3, -0.25) is 0 Å². The summed E-state index contributed by atoms with van der Waals surface area (Å²) in [5.74, 6) is 0. The summed E-state index contributed by atoms with van der Waals surface area (Å²) >= 11 is 0. The van der Waals surface area contributed by atoms with Gasteiger partial charge in [-0.05, 0) is 19.1 Å². The first-order valence-electron chi connectivity index (χ1n) is 4.72. The third-order valence-electron chi connectivity index (χ3n) is 2.35. The average molecular weight is 185 g/mol. The van der Waals surface area contributed by atoms with Crippen molar-refractivity contribution in [3.63, 3.8) is 0 Å². The van der Waals surface area contributed by atoms with Crippen LogP contribution in [0, 0.1) is 0 Å². The third kappa shape index (κ3) is 1.27. The fraction of sp³-hybridized carbons (Fsp3) is 0.0769. The molecule has 0 radical (unpaired) electrons. The van der Waals surface area contributed by atoms with Crippen molar-refractivity contribution in [1.82, 2.24) is 4.98 Å². The standard InChI is InChI=1S/C13H13N.H2/c1-3-7-12-10(4-2)11-8-5-6-9-13(11)14-12;/h3-9,14H,1H2,2H3;1H/b10-4-,12-7+;. The zero-order chi connectivity index (χ0) is 9.97. The van der Waals surface area contributed by atoms with Crippen LogP contribution in [0.5, 0.6) is 0 Å². The molecule has 0 atom stereocenters. The van der Waals surface area contributed by atoms with E-state index in [-0.39, 0.29) is 1.43 Å². The van der Waals surface area contributed by atoms with Crippen molar-refractivity contribution in [3.8, 4) is 0 Å². The highest BCUT2D eigenvalue weighted by atomic mass is 14.7. The topological polar surface area (TPSA) is 15.8 Å². The first-order chi connectivity index (χ1) is 6.86. The average Bonchev–Trinajstić information content (AvgIpc) is 2.55. The minimum absolute atomic E-state index is 0. The van der Waals surface area contributed by atoms with Gasteiger partial charge in [0.15, 0.2) is 0 Å². The highest BCUT2D eigenvalue weighted by Gasteiger charge is 1.96. The molecule has 14 heavy (non-hydrogen) atoms. The van der Waals surface area contributed by atoms with Crippen LogP contribution in [0.2, 0.25) is 0 Å². The van der Waals surface area contributed by atoms with E-state index in [1.54, 1.807) is 6.08 Å². The zero-order valence-corrected chi connectivity index (χ0v) is 8.25. The predicted molar refractivity (Wildman–Crippen MR) is 64.5 cm³/mol. The van der Waals surface area contributed by atoms with Crippen LogP contribution in [0.4, 0.5) is 0 Å². The minimum Gasteiger partial charge on any atom is -0.355 e. The van der Waals surface area contributed by atoms with E-state index in [9.17, 15) is 0 Å². The van der Waals surface area contributed by atoms with Gasteiger partial charge in [-0.1, -0.05) is 36.9 Å². The molecule has 0 amide bonds. The Morgan fingerprint density at radius 2 is 2.14 bits per heavy atom. The molecule has 0 saturated carbocycles. The fourth-order valence-electron chi connectivity index (χ4n) is 1.74. The molecule has 1 heteroatoms. The number of allylic oxidation sites excluding steroid dienone is 1. The Morgan fingerprint density at radius 3 is 2.86 bits per heavy atom. The van der Waals surface area contributed by atoms with Gasteiger partial charge >= 0.3 is 0 Å². The molecule has 72 valence electrons.